The molecule has 0 fully saturated rings. The van der Waals surface area contributed by atoms with Crippen LogP contribution in [0.1, 0.15) is 47.8 Å². The number of ether oxygens (including phenoxy) is 2. The molecule has 1 aromatic heterocycles. The van der Waals surface area contributed by atoms with Crippen molar-refractivity contribution in [2.75, 3.05) is 20.8 Å². The van der Waals surface area contributed by atoms with Crippen molar-refractivity contribution in [1.29, 1.82) is 0 Å². The van der Waals surface area contributed by atoms with Crippen molar-refractivity contribution >= 4 is 5.91 Å². The average molecular weight is 354 g/mol. The van der Waals surface area contributed by atoms with Gasteiger partial charge in [0.25, 0.3) is 5.91 Å². The maximum Gasteiger partial charge on any atom is 0.254 e. The third-order valence-electron chi connectivity index (χ3n) is 4.89. The molecule has 0 spiro atoms. The average Bonchev–Trinajstić information content (AvgIpc) is 2.67. The van der Waals surface area contributed by atoms with E-state index in [2.05, 4.69) is 24.9 Å². The van der Waals surface area contributed by atoms with Gasteiger partial charge in [0.1, 0.15) is 0 Å². The van der Waals surface area contributed by atoms with Gasteiger partial charge in [-0.2, -0.15) is 0 Å². The predicted octanol–water partition coefficient (Wildman–Crippen LogP) is 3.88. The van der Waals surface area contributed by atoms with Crippen molar-refractivity contribution < 1.29 is 14.3 Å². The number of fused-ring (bicyclic) bond motifs is 1. The summed E-state index contributed by atoms with van der Waals surface area (Å²) in [6.45, 7) is 5.06. The van der Waals surface area contributed by atoms with E-state index >= 15 is 0 Å². The summed E-state index contributed by atoms with van der Waals surface area (Å²) in [5.41, 5.74) is 3.06. The van der Waals surface area contributed by atoms with Gasteiger partial charge < -0.3 is 14.4 Å². The summed E-state index contributed by atoms with van der Waals surface area (Å²) >= 11 is 0. The second-order valence-electron chi connectivity index (χ2n) is 7.04. The van der Waals surface area contributed by atoms with Gasteiger partial charge >= 0.3 is 0 Å². The molecule has 0 saturated heterocycles. The highest BCUT2D eigenvalue weighted by molar-refractivity contribution is 5.94. The van der Waals surface area contributed by atoms with Crippen molar-refractivity contribution in [3.05, 3.63) is 53.3 Å². The Balaban J connectivity index is 2.02. The van der Waals surface area contributed by atoms with Crippen LogP contribution in [0.4, 0.5) is 0 Å². The van der Waals surface area contributed by atoms with Gasteiger partial charge in [0, 0.05) is 24.5 Å². The Morgan fingerprint density at radius 3 is 2.46 bits per heavy atom. The van der Waals surface area contributed by atoms with Crippen LogP contribution in [0.5, 0.6) is 11.5 Å². The Bertz CT molecular complexity index is 774. The lowest BCUT2D eigenvalue weighted by molar-refractivity contribution is 0.0635. The number of hydrogen-bond donors (Lipinski definition) is 0. The number of amides is 1. The summed E-state index contributed by atoms with van der Waals surface area (Å²) in [4.78, 5) is 19.1. The largest absolute Gasteiger partial charge is 0.493 e. The summed E-state index contributed by atoms with van der Waals surface area (Å²) in [5, 5.41) is 0. The summed E-state index contributed by atoms with van der Waals surface area (Å²) in [7, 11) is 3.29. The Morgan fingerprint density at radius 2 is 1.85 bits per heavy atom. The van der Waals surface area contributed by atoms with Crippen LogP contribution in [0.15, 0.2) is 36.7 Å². The van der Waals surface area contributed by atoms with Crippen LogP contribution in [0.25, 0.3) is 0 Å². The van der Waals surface area contributed by atoms with Gasteiger partial charge in [-0.25, -0.2) is 0 Å². The molecule has 138 valence electrons. The van der Waals surface area contributed by atoms with Crippen LogP contribution in [0.2, 0.25) is 0 Å². The fourth-order valence-corrected chi connectivity index (χ4v) is 3.63. The molecule has 1 aliphatic heterocycles. The third-order valence-corrected chi connectivity index (χ3v) is 4.89. The van der Waals surface area contributed by atoms with Crippen LogP contribution < -0.4 is 9.47 Å². The molecule has 0 N–H and O–H groups in total. The van der Waals surface area contributed by atoms with E-state index in [4.69, 9.17) is 9.47 Å². The zero-order valence-corrected chi connectivity index (χ0v) is 15.9. The van der Waals surface area contributed by atoms with Crippen LogP contribution in [-0.4, -0.2) is 36.6 Å². The van der Waals surface area contributed by atoms with E-state index in [0.29, 0.717) is 23.8 Å². The second kappa shape index (κ2) is 7.77. The number of carbonyl (C=O) groups excluding carboxylic acids is 1. The number of pyridine rings is 1. The van der Waals surface area contributed by atoms with E-state index < -0.39 is 0 Å². The molecule has 1 unspecified atom stereocenters. The molecule has 2 heterocycles. The molecule has 0 saturated carbocycles. The first-order valence-corrected chi connectivity index (χ1v) is 9.01. The molecule has 0 radical (unpaired) electrons. The van der Waals surface area contributed by atoms with Gasteiger partial charge in [0.15, 0.2) is 11.5 Å². The Morgan fingerprint density at radius 1 is 1.19 bits per heavy atom. The first-order chi connectivity index (χ1) is 12.5. The monoisotopic (exact) mass is 354 g/mol. The van der Waals surface area contributed by atoms with Crippen LogP contribution in [0, 0.1) is 5.92 Å². The molecule has 5 nitrogen and oxygen atoms in total. The van der Waals surface area contributed by atoms with E-state index in [-0.39, 0.29) is 11.9 Å². The topological polar surface area (TPSA) is 51.7 Å². The highest BCUT2D eigenvalue weighted by Crippen LogP contribution is 2.41. The summed E-state index contributed by atoms with van der Waals surface area (Å²) < 4.78 is 10.9. The molecule has 1 atom stereocenters. The number of hydrogen-bond acceptors (Lipinski definition) is 4. The predicted molar refractivity (Wildman–Crippen MR) is 101 cm³/mol. The Kier molecular flexibility index (Phi) is 5.45. The lowest BCUT2D eigenvalue weighted by Gasteiger charge is -2.39. The number of aromatic nitrogens is 1. The van der Waals surface area contributed by atoms with E-state index in [9.17, 15) is 4.79 Å². The molecular weight excluding hydrogens is 328 g/mol. The molecule has 3 rings (SSSR count). The minimum Gasteiger partial charge on any atom is -0.493 e. The van der Waals surface area contributed by atoms with Crippen molar-refractivity contribution in [2.24, 2.45) is 5.92 Å². The second-order valence-corrected chi connectivity index (χ2v) is 7.04. The highest BCUT2D eigenvalue weighted by atomic mass is 16.5. The fourth-order valence-electron chi connectivity index (χ4n) is 3.63. The maximum absolute atomic E-state index is 13.1. The van der Waals surface area contributed by atoms with Gasteiger partial charge in [-0.05, 0) is 54.2 Å². The van der Waals surface area contributed by atoms with Crippen molar-refractivity contribution in [3.63, 3.8) is 0 Å². The molecule has 1 aliphatic rings. The van der Waals surface area contributed by atoms with E-state index in [1.54, 1.807) is 38.7 Å². The molecule has 26 heavy (non-hydrogen) atoms. The van der Waals surface area contributed by atoms with Crippen molar-refractivity contribution in [2.45, 2.75) is 32.7 Å². The summed E-state index contributed by atoms with van der Waals surface area (Å²) in [5.74, 6) is 1.96. The molecule has 1 aromatic carbocycles. The van der Waals surface area contributed by atoms with Crippen molar-refractivity contribution in [1.82, 2.24) is 9.88 Å². The van der Waals surface area contributed by atoms with Gasteiger partial charge in [-0.15, -0.1) is 0 Å². The van der Waals surface area contributed by atoms with Crippen LogP contribution in [0.3, 0.4) is 0 Å². The van der Waals surface area contributed by atoms with Gasteiger partial charge in [-0.1, -0.05) is 13.8 Å². The molecule has 5 heteroatoms. The molecular formula is C21H26N2O3. The van der Waals surface area contributed by atoms with E-state index in [1.807, 2.05) is 11.0 Å². The van der Waals surface area contributed by atoms with Gasteiger partial charge in [-0.3, -0.25) is 9.78 Å². The zero-order chi connectivity index (χ0) is 18.7. The SMILES string of the molecule is COc1cc2c(cc1OC)C(CC(C)C)N(C(=O)c1ccncc1)CC2. The first-order valence-electron chi connectivity index (χ1n) is 9.01. The normalized spacial score (nSPS) is 16.3. The summed E-state index contributed by atoms with van der Waals surface area (Å²) in [6, 6.07) is 7.67. The molecule has 1 amide bonds. The van der Waals surface area contributed by atoms with Gasteiger partial charge in [0.05, 0.1) is 20.3 Å². The fraction of sp³-hybridized carbons (Fsp3) is 0.429. The molecule has 0 aliphatic carbocycles. The number of carbonyl (C=O) groups is 1. The third kappa shape index (κ3) is 3.52. The smallest absolute Gasteiger partial charge is 0.254 e. The molecule has 2 aromatic rings. The zero-order valence-electron chi connectivity index (χ0n) is 15.9. The highest BCUT2D eigenvalue weighted by Gasteiger charge is 2.33. The van der Waals surface area contributed by atoms with Crippen LogP contribution in [-0.2, 0) is 6.42 Å². The number of methoxy groups -OCH3 is 2. The van der Waals surface area contributed by atoms with Crippen LogP contribution >= 0.6 is 0 Å². The van der Waals surface area contributed by atoms with E-state index in [1.165, 1.54) is 5.56 Å². The number of benzene rings is 1. The quantitative estimate of drug-likeness (QED) is 0.817. The minimum absolute atomic E-state index is 0.0271. The number of nitrogens with zero attached hydrogens (tertiary/aromatic N) is 2. The standard InChI is InChI=1S/C21H26N2O3/c1-14(2)11-18-17-13-20(26-4)19(25-3)12-16(17)7-10-23(18)21(24)15-5-8-22-9-6-15/h5-6,8-9,12-14,18H,7,10-11H2,1-4H3. The summed E-state index contributed by atoms with van der Waals surface area (Å²) in [6.07, 6.45) is 5.04. The van der Waals surface area contributed by atoms with Crippen molar-refractivity contribution in [3.8, 4) is 11.5 Å². The Labute approximate surface area is 155 Å². The lowest BCUT2D eigenvalue weighted by atomic mass is 9.86. The minimum atomic E-state index is 0.0271. The van der Waals surface area contributed by atoms with E-state index in [0.717, 1.165) is 24.2 Å². The first kappa shape index (κ1) is 18.2. The van der Waals surface area contributed by atoms with Gasteiger partial charge in [0.2, 0.25) is 0 Å². The lowest BCUT2D eigenvalue weighted by Crippen LogP contribution is -2.40. The maximum atomic E-state index is 13.1. The molecule has 0 bridgehead atoms. The number of rotatable bonds is 5. The Hall–Kier alpha value is -2.56.